The van der Waals surface area contributed by atoms with Crippen molar-refractivity contribution in [1.82, 2.24) is 4.98 Å². The van der Waals surface area contributed by atoms with Crippen LogP contribution in [0.25, 0.3) is 0 Å². The van der Waals surface area contributed by atoms with Crippen molar-refractivity contribution in [2.75, 3.05) is 7.11 Å². The molecule has 0 spiro atoms. The Bertz CT molecular complexity index is 365. The predicted octanol–water partition coefficient (Wildman–Crippen LogP) is 2.51. The van der Waals surface area contributed by atoms with Gasteiger partial charge < -0.3 is 9.84 Å². The molecule has 3 nitrogen and oxygen atoms in total. The molecule has 1 aliphatic rings. The molecule has 1 atom stereocenters. The van der Waals surface area contributed by atoms with Gasteiger partial charge in [-0.05, 0) is 37.3 Å². The van der Waals surface area contributed by atoms with Crippen LogP contribution in [-0.2, 0) is 17.6 Å². The summed E-state index contributed by atoms with van der Waals surface area (Å²) in [5.74, 6) is 0. The molecular weight excluding hydrogens is 226 g/mol. The Labute approximate surface area is 109 Å². The van der Waals surface area contributed by atoms with Crippen molar-refractivity contribution >= 4 is 0 Å². The van der Waals surface area contributed by atoms with E-state index in [1.165, 1.54) is 12.0 Å². The van der Waals surface area contributed by atoms with E-state index in [1.54, 1.807) is 7.11 Å². The van der Waals surface area contributed by atoms with Crippen LogP contribution >= 0.6 is 0 Å². The van der Waals surface area contributed by atoms with Gasteiger partial charge in [-0.25, -0.2) is 0 Å². The minimum absolute atomic E-state index is 0.0667. The maximum atomic E-state index is 10.1. The Morgan fingerprint density at radius 2 is 2.22 bits per heavy atom. The standard InChI is InChI=1S/C15H23NO2/c1-3-12-5-6-13(16-11-12)9-14(17)10-15(18-2)7-4-8-15/h5-6,11,14,17H,3-4,7-10H2,1-2H3. The molecule has 0 aromatic carbocycles. The van der Waals surface area contributed by atoms with Gasteiger partial charge in [-0.2, -0.15) is 0 Å². The van der Waals surface area contributed by atoms with E-state index >= 15 is 0 Å². The fourth-order valence-corrected chi connectivity index (χ4v) is 2.59. The van der Waals surface area contributed by atoms with Crippen molar-refractivity contribution < 1.29 is 9.84 Å². The molecule has 1 saturated carbocycles. The van der Waals surface area contributed by atoms with Crippen molar-refractivity contribution in [3.05, 3.63) is 29.6 Å². The molecule has 1 fully saturated rings. The van der Waals surface area contributed by atoms with Crippen molar-refractivity contribution in [3.8, 4) is 0 Å². The Morgan fingerprint density at radius 3 is 2.67 bits per heavy atom. The molecule has 0 bridgehead atoms. The number of aryl methyl sites for hydroxylation is 1. The molecule has 1 heterocycles. The van der Waals surface area contributed by atoms with Gasteiger partial charge in [0.2, 0.25) is 0 Å². The zero-order chi connectivity index (χ0) is 13.0. The third-order valence-corrected chi connectivity index (χ3v) is 4.04. The van der Waals surface area contributed by atoms with Crippen LogP contribution in [-0.4, -0.2) is 28.9 Å². The van der Waals surface area contributed by atoms with E-state index in [2.05, 4.69) is 18.0 Å². The van der Waals surface area contributed by atoms with Crippen molar-refractivity contribution in [3.63, 3.8) is 0 Å². The van der Waals surface area contributed by atoms with Gasteiger partial charge in [-0.15, -0.1) is 0 Å². The van der Waals surface area contributed by atoms with Gasteiger partial charge in [-0.1, -0.05) is 13.0 Å². The normalized spacial score (nSPS) is 19.3. The average Bonchev–Trinajstić information content (AvgIpc) is 2.35. The zero-order valence-electron chi connectivity index (χ0n) is 11.4. The topological polar surface area (TPSA) is 42.4 Å². The SMILES string of the molecule is CCc1ccc(CC(O)CC2(OC)CCC2)nc1. The van der Waals surface area contributed by atoms with Crippen LogP contribution in [0.15, 0.2) is 18.3 Å². The Morgan fingerprint density at radius 1 is 1.44 bits per heavy atom. The molecule has 0 aliphatic heterocycles. The number of ether oxygens (including phenoxy) is 1. The second kappa shape index (κ2) is 5.81. The minimum Gasteiger partial charge on any atom is -0.393 e. The second-order valence-electron chi connectivity index (χ2n) is 5.31. The lowest BCUT2D eigenvalue weighted by Crippen LogP contribution is -2.42. The number of rotatable bonds is 6. The van der Waals surface area contributed by atoms with Gasteiger partial charge in [0, 0.05) is 31.8 Å². The zero-order valence-corrected chi connectivity index (χ0v) is 11.4. The quantitative estimate of drug-likeness (QED) is 0.842. The first-order chi connectivity index (χ1) is 8.67. The van der Waals surface area contributed by atoms with Gasteiger partial charge in [0.1, 0.15) is 0 Å². The van der Waals surface area contributed by atoms with E-state index in [0.717, 1.165) is 31.4 Å². The third kappa shape index (κ3) is 3.09. The van der Waals surface area contributed by atoms with Crippen LogP contribution in [0.1, 0.15) is 43.9 Å². The molecule has 1 N–H and O–H groups in total. The van der Waals surface area contributed by atoms with Crippen LogP contribution in [0.3, 0.4) is 0 Å². The van der Waals surface area contributed by atoms with E-state index in [-0.39, 0.29) is 11.7 Å². The average molecular weight is 249 g/mol. The largest absolute Gasteiger partial charge is 0.393 e. The van der Waals surface area contributed by atoms with E-state index in [9.17, 15) is 5.11 Å². The summed E-state index contributed by atoms with van der Waals surface area (Å²) >= 11 is 0. The smallest absolute Gasteiger partial charge is 0.0703 e. The van der Waals surface area contributed by atoms with Gasteiger partial charge in [-0.3, -0.25) is 4.98 Å². The molecule has 2 rings (SSSR count). The Balaban J connectivity index is 1.88. The van der Waals surface area contributed by atoms with Crippen molar-refractivity contribution in [2.45, 2.75) is 57.2 Å². The van der Waals surface area contributed by atoms with Crippen LogP contribution < -0.4 is 0 Å². The van der Waals surface area contributed by atoms with Crippen LogP contribution in [0.2, 0.25) is 0 Å². The van der Waals surface area contributed by atoms with E-state index < -0.39 is 0 Å². The summed E-state index contributed by atoms with van der Waals surface area (Å²) in [4.78, 5) is 4.39. The maximum absolute atomic E-state index is 10.1. The Kier molecular flexibility index (Phi) is 4.36. The molecule has 0 amide bonds. The van der Waals surface area contributed by atoms with Crippen LogP contribution in [0, 0.1) is 0 Å². The molecule has 100 valence electrons. The van der Waals surface area contributed by atoms with E-state index in [4.69, 9.17) is 4.74 Å². The van der Waals surface area contributed by atoms with Crippen LogP contribution in [0.5, 0.6) is 0 Å². The molecule has 1 aliphatic carbocycles. The van der Waals surface area contributed by atoms with Crippen LogP contribution in [0.4, 0.5) is 0 Å². The Hall–Kier alpha value is -0.930. The van der Waals surface area contributed by atoms with Crippen molar-refractivity contribution in [2.24, 2.45) is 0 Å². The number of hydrogen-bond acceptors (Lipinski definition) is 3. The predicted molar refractivity (Wildman–Crippen MR) is 71.5 cm³/mol. The van der Waals surface area contributed by atoms with E-state index in [0.29, 0.717) is 6.42 Å². The maximum Gasteiger partial charge on any atom is 0.0703 e. The molecule has 18 heavy (non-hydrogen) atoms. The molecule has 1 aromatic rings. The first-order valence-electron chi connectivity index (χ1n) is 6.84. The number of methoxy groups -OCH3 is 1. The highest BCUT2D eigenvalue weighted by atomic mass is 16.5. The van der Waals surface area contributed by atoms with E-state index in [1.807, 2.05) is 12.3 Å². The summed E-state index contributed by atoms with van der Waals surface area (Å²) in [5.41, 5.74) is 2.13. The van der Waals surface area contributed by atoms with Crippen molar-refractivity contribution in [1.29, 1.82) is 0 Å². The first kappa shape index (κ1) is 13.5. The lowest BCUT2D eigenvalue weighted by molar-refractivity contribution is -0.0990. The summed E-state index contributed by atoms with van der Waals surface area (Å²) in [6.45, 7) is 2.12. The number of nitrogens with zero attached hydrogens (tertiary/aromatic N) is 1. The first-order valence-corrected chi connectivity index (χ1v) is 6.84. The highest BCUT2D eigenvalue weighted by Gasteiger charge is 2.38. The lowest BCUT2D eigenvalue weighted by Gasteiger charge is -2.41. The number of aliphatic hydroxyl groups excluding tert-OH is 1. The minimum atomic E-state index is -0.356. The third-order valence-electron chi connectivity index (χ3n) is 4.04. The van der Waals surface area contributed by atoms with Gasteiger partial charge >= 0.3 is 0 Å². The fourth-order valence-electron chi connectivity index (χ4n) is 2.59. The fraction of sp³-hybridized carbons (Fsp3) is 0.667. The second-order valence-corrected chi connectivity index (χ2v) is 5.31. The summed E-state index contributed by atoms with van der Waals surface area (Å²) in [6.07, 6.45) is 7.25. The molecule has 1 aromatic heterocycles. The van der Waals surface area contributed by atoms with Gasteiger partial charge in [0.15, 0.2) is 0 Å². The summed E-state index contributed by atoms with van der Waals surface area (Å²) < 4.78 is 5.54. The lowest BCUT2D eigenvalue weighted by atomic mass is 9.75. The van der Waals surface area contributed by atoms with Gasteiger partial charge in [0.25, 0.3) is 0 Å². The summed E-state index contributed by atoms with van der Waals surface area (Å²) in [5, 5.41) is 10.1. The summed E-state index contributed by atoms with van der Waals surface area (Å²) in [6, 6.07) is 4.10. The molecule has 0 saturated heterocycles. The highest BCUT2D eigenvalue weighted by molar-refractivity contribution is 5.14. The number of aromatic nitrogens is 1. The monoisotopic (exact) mass is 249 g/mol. The highest BCUT2D eigenvalue weighted by Crippen LogP contribution is 2.39. The number of aliphatic hydroxyl groups is 1. The number of pyridine rings is 1. The molecule has 0 radical (unpaired) electrons. The summed E-state index contributed by atoms with van der Waals surface area (Å²) in [7, 11) is 1.75. The number of hydrogen-bond donors (Lipinski definition) is 1. The van der Waals surface area contributed by atoms with Gasteiger partial charge in [0.05, 0.1) is 11.7 Å². The molecular formula is C15H23NO2. The molecule has 1 unspecified atom stereocenters. The molecule has 3 heteroatoms.